The predicted molar refractivity (Wildman–Crippen MR) is 75.7 cm³/mol. The number of hydrogen-bond donors (Lipinski definition) is 2. The van der Waals surface area contributed by atoms with Crippen molar-refractivity contribution in [3.05, 3.63) is 28.8 Å². The molecule has 6 heteroatoms. The van der Waals surface area contributed by atoms with E-state index in [1.54, 1.807) is 13.8 Å². The van der Waals surface area contributed by atoms with E-state index in [1.807, 2.05) is 6.92 Å². The van der Waals surface area contributed by atoms with Crippen LogP contribution in [0.4, 0.5) is 8.78 Å². The Labute approximate surface area is 123 Å². The number of amides is 1. The molecule has 0 spiro atoms. The Morgan fingerprint density at radius 1 is 1.33 bits per heavy atom. The van der Waals surface area contributed by atoms with E-state index in [0.717, 1.165) is 0 Å². The van der Waals surface area contributed by atoms with E-state index in [-0.39, 0.29) is 24.2 Å². The van der Waals surface area contributed by atoms with Gasteiger partial charge in [0.25, 0.3) is 5.91 Å². The molecule has 1 rings (SSSR count). The van der Waals surface area contributed by atoms with E-state index in [0.29, 0.717) is 29.7 Å². The maximum absolute atomic E-state index is 12.3. The number of carbonyl (C=O) groups excluding carboxylic acids is 1. The van der Waals surface area contributed by atoms with Crippen LogP contribution in [0.3, 0.4) is 0 Å². The summed E-state index contributed by atoms with van der Waals surface area (Å²) in [6, 6.07) is 3.05. The van der Waals surface area contributed by atoms with Crippen LogP contribution in [-0.2, 0) is 0 Å². The minimum absolute atomic E-state index is 0.0783. The average molecular weight is 301 g/mol. The smallest absolute Gasteiger partial charge is 0.387 e. The van der Waals surface area contributed by atoms with Crippen LogP contribution in [0.25, 0.3) is 0 Å². The van der Waals surface area contributed by atoms with Crippen LogP contribution in [0.15, 0.2) is 12.1 Å². The minimum Gasteiger partial charge on any atom is -0.434 e. The van der Waals surface area contributed by atoms with Gasteiger partial charge in [-0.3, -0.25) is 4.79 Å². The summed E-state index contributed by atoms with van der Waals surface area (Å²) in [6.07, 6.45) is 0.611. The number of nitrogens with one attached hydrogen (secondary N) is 1. The first-order valence-electron chi connectivity index (χ1n) is 6.80. The van der Waals surface area contributed by atoms with Gasteiger partial charge in [-0.15, -0.1) is 0 Å². The molecule has 0 saturated heterocycles. The zero-order valence-corrected chi connectivity index (χ0v) is 12.5. The summed E-state index contributed by atoms with van der Waals surface area (Å²) >= 11 is 0. The van der Waals surface area contributed by atoms with Gasteiger partial charge in [-0.25, -0.2) is 0 Å². The molecule has 0 saturated carbocycles. The zero-order valence-electron chi connectivity index (χ0n) is 12.5. The van der Waals surface area contributed by atoms with Crippen molar-refractivity contribution in [1.82, 2.24) is 5.32 Å². The number of alkyl halides is 2. The van der Waals surface area contributed by atoms with Crippen LogP contribution in [0.5, 0.6) is 5.75 Å². The molecule has 0 aliphatic heterocycles. The molecule has 21 heavy (non-hydrogen) atoms. The molecule has 0 aliphatic rings. The number of aliphatic hydroxyl groups is 1. The third kappa shape index (κ3) is 5.30. The minimum atomic E-state index is -2.89. The van der Waals surface area contributed by atoms with Gasteiger partial charge in [0.2, 0.25) is 0 Å². The fraction of sp³-hybridized carbons (Fsp3) is 0.533. The van der Waals surface area contributed by atoms with Crippen molar-refractivity contribution in [2.24, 2.45) is 5.92 Å². The van der Waals surface area contributed by atoms with Gasteiger partial charge in [0, 0.05) is 18.7 Å². The number of benzene rings is 1. The first kappa shape index (κ1) is 17.4. The standard InChI is InChI=1S/C15H21F2NO3/c1-9(4-5-19)8-18-14(20)12-6-10(2)13(11(3)7-12)21-15(16)17/h6-7,9,15,19H,4-5,8H2,1-3H3,(H,18,20). The Morgan fingerprint density at radius 2 is 1.90 bits per heavy atom. The Hall–Kier alpha value is -1.69. The van der Waals surface area contributed by atoms with E-state index in [4.69, 9.17) is 5.11 Å². The monoisotopic (exact) mass is 301 g/mol. The molecular formula is C15H21F2NO3. The third-order valence-corrected chi connectivity index (χ3v) is 3.16. The van der Waals surface area contributed by atoms with Crippen LogP contribution in [0.1, 0.15) is 34.8 Å². The number of halogens is 2. The van der Waals surface area contributed by atoms with Gasteiger partial charge in [-0.1, -0.05) is 6.92 Å². The van der Waals surface area contributed by atoms with Crippen molar-refractivity contribution in [2.45, 2.75) is 33.8 Å². The highest BCUT2D eigenvalue weighted by Crippen LogP contribution is 2.26. The zero-order chi connectivity index (χ0) is 16.0. The summed E-state index contributed by atoms with van der Waals surface area (Å²) in [7, 11) is 0. The summed E-state index contributed by atoms with van der Waals surface area (Å²) in [4.78, 5) is 12.0. The van der Waals surface area contributed by atoms with Gasteiger partial charge >= 0.3 is 6.61 Å². The highest BCUT2D eigenvalue weighted by Gasteiger charge is 2.15. The Kier molecular flexibility index (Phi) is 6.55. The van der Waals surface area contributed by atoms with Gasteiger partial charge < -0.3 is 15.2 Å². The molecule has 0 bridgehead atoms. The van der Waals surface area contributed by atoms with E-state index in [9.17, 15) is 13.6 Å². The lowest BCUT2D eigenvalue weighted by molar-refractivity contribution is -0.0507. The fourth-order valence-electron chi connectivity index (χ4n) is 2.05. The number of rotatable bonds is 7. The maximum atomic E-state index is 12.3. The van der Waals surface area contributed by atoms with E-state index in [2.05, 4.69) is 10.1 Å². The van der Waals surface area contributed by atoms with E-state index in [1.165, 1.54) is 12.1 Å². The van der Waals surface area contributed by atoms with Gasteiger partial charge in [-0.2, -0.15) is 8.78 Å². The maximum Gasteiger partial charge on any atom is 0.387 e. The summed E-state index contributed by atoms with van der Waals surface area (Å²) < 4.78 is 29.0. The number of carbonyl (C=O) groups is 1. The largest absolute Gasteiger partial charge is 0.434 e. The van der Waals surface area contributed by atoms with E-state index < -0.39 is 6.61 Å². The Balaban J connectivity index is 2.78. The summed E-state index contributed by atoms with van der Waals surface area (Å²) in [5, 5.41) is 11.6. The second-order valence-corrected chi connectivity index (χ2v) is 5.15. The van der Waals surface area contributed by atoms with Crippen molar-refractivity contribution < 1.29 is 23.4 Å². The second kappa shape index (κ2) is 7.93. The number of ether oxygens (including phenoxy) is 1. The third-order valence-electron chi connectivity index (χ3n) is 3.16. The van der Waals surface area contributed by atoms with Gasteiger partial charge in [0.1, 0.15) is 5.75 Å². The van der Waals surface area contributed by atoms with Crippen LogP contribution >= 0.6 is 0 Å². The highest BCUT2D eigenvalue weighted by molar-refractivity contribution is 5.94. The van der Waals surface area contributed by atoms with Crippen molar-refractivity contribution >= 4 is 5.91 Å². The molecule has 0 radical (unpaired) electrons. The van der Waals surface area contributed by atoms with Gasteiger partial charge in [0.05, 0.1) is 0 Å². The summed E-state index contributed by atoms with van der Waals surface area (Å²) in [5.41, 5.74) is 1.38. The molecule has 1 aromatic carbocycles. The van der Waals surface area contributed by atoms with Crippen LogP contribution in [-0.4, -0.2) is 30.8 Å². The number of aryl methyl sites for hydroxylation is 2. The molecule has 1 aromatic rings. The van der Waals surface area contributed by atoms with Crippen molar-refractivity contribution in [3.63, 3.8) is 0 Å². The molecule has 4 nitrogen and oxygen atoms in total. The van der Waals surface area contributed by atoms with Crippen LogP contribution in [0.2, 0.25) is 0 Å². The predicted octanol–water partition coefficient (Wildman–Crippen LogP) is 2.65. The lowest BCUT2D eigenvalue weighted by Gasteiger charge is -2.14. The average Bonchev–Trinajstić information content (AvgIpc) is 2.40. The molecular weight excluding hydrogens is 280 g/mol. The van der Waals surface area contributed by atoms with Crippen molar-refractivity contribution in [3.8, 4) is 5.75 Å². The molecule has 1 unspecified atom stereocenters. The lowest BCUT2D eigenvalue weighted by atomic mass is 10.0. The summed E-state index contributed by atoms with van der Waals surface area (Å²) in [5.74, 6) is 0.00682. The highest BCUT2D eigenvalue weighted by atomic mass is 19.3. The van der Waals surface area contributed by atoms with Crippen LogP contribution in [0, 0.1) is 19.8 Å². The SMILES string of the molecule is Cc1cc(C(=O)NCC(C)CCO)cc(C)c1OC(F)F. The van der Waals surface area contributed by atoms with Crippen molar-refractivity contribution in [1.29, 1.82) is 0 Å². The number of hydrogen-bond acceptors (Lipinski definition) is 3. The van der Waals surface area contributed by atoms with Crippen molar-refractivity contribution in [2.75, 3.05) is 13.2 Å². The molecule has 118 valence electrons. The second-order valence-electron chi connectivity index (χ2n) is 5.15. The molecule has 0 fully saturated rings. The molecule has 2 N–H and O–H groups in total. The van der Waals surface area contributed by atoms with Gasteiger partial charge in [0.15, 0.2) is 0 Å². The molecule has 0 heterocycles. The first-order valence-corrected chi connectivity index (χ1v) is 6.80. The van der Waals surface area contributed by atoms with E-state index >= 15 is 0 Å². The van der Waals surface area contributed by atoms with Gasteiger partial charge in [-0.05, 0) is 49.4 Å². The topological polar surface area (TPSA) is 58.6 Å². The molecule has 0 aromatic heterocycles. The summed E-state index contributed by atoms with van der Waals surface area (Å²) in [6.45, 7) is 2.81. The lowest BCUT2D eigenvalue weighted by Crippen LogP contribution is -2.28. The quantitative estimate of drug-likeness (QED) is 0.814. The molecule has 1 amide bonds. The van der Waals surface area contributed by atoms with Crippen LogP contribution < -0.4 is 10.1 Å². The Bertz CT molecular complexity index is 469. The normalized spacial score (nSPS) is 12.3. The Morgan fingerprint density at radius 3 is 2.38 bits per heavy atom. The molecule has 1 atom stereocenters. The fourth-order valence-corrected chi connectivity index (χ4v) is 2.05. The molecule has 0 aliphatic carbocycles. The number of aliphatic hydroxyl groups excluding tert-OH is 1. The first-order chi connectivity index (χ1) is 9.85.